The number of hydrogen-bond donors (Lipinski definition) is 2. The van der Waals surface area contributed by atoms with E-state index in [9.17, 15) is 4.79 Å². The van der Waals surface area contributed by atoms with Crippen LogP contribution in [-0.2, 0) is 4.79 Å². The number of nitrogens with two attached hydrogens (primary N) is 1. The van der Waals surface area contributed by atoms with E-state index in [4.69, 9.17) is 19.1 Å². The summed E-state index contributed by atoms with van der Waals surface area (Å²) in [4.78, 5) is 10.3. The van der Waals surface area contributed by atoms with Crippen molar-refractivity contribution in [3.05, 3.63) is 0 Å². The van der Waals surface area contributed by atoms with Crippen LogP contribution in [0.1, 0.15) is 21.0 Å². The molecule has 0 atom stereocenters. The molecule has 0 saturated heterocycles. The molecule has 0 aromatic rings. The molecule has 7 heavy (non-hydrogen) atoms. The molecule has 0 spiro atoms. The molecule has 0 fully saturated rings. The van der Waals surface area contributed by atoms with Crippen molar-refractivity contribution in [1.82, 2.24) is 0 Å². The standard InChI is InChI=1S/C4H9NO2/c5-3-1-2-4(6)7/h1-3,5H2,(H,6,7)/i1D2,2D2,3D2. The number of carbonyl (C=O) groups is 1. The monoisotopic (exact) mass is 109 g/mol. The minimum atomic E-state index is -3.37. The molecule has 0 heterocycles. The van der Waals surface area contributed by atoms with Gasteiger partial charge in [-0.2, -0.15) is 0 Å². The van der Waals surface area contributed by atoms with Gasteiger partial charge in [0.2, 0.25) is 0 Å². The molecule has 42 valence electrons. The summed E-state index contributed by atoms with van der Waals surface area (Å²) in [5, 5.41) is 8.30. The predicted octanol–water partition coefficient (Wildman–Crippen LogP) is -0.190. The van der Waals surface area contributed by atoms with Crippen LogP contribution in [0.25, 0.3) is 0 Å². The number of rotatable bonds is 3. The lowest BCUT2D eigenvalue weighted by molar-refractivity contribution is -0.137. The summed E-state index contributed by atoms with van der Waals surface area (Å²) in [5.74, 6) is -2.09. The zero-order valence-electron chi connectivity index (χ0n) is 9.43. The first kappa shape index (κ1) is 1.45. The summed E-state index contributed by atoms with van der Waals surface area (Å²) in [6, 6.07) is 0. The van der Waals surface area contributed by atoms with E-state index in [1.165, 1.54) is 0 Å². The number of hydrogen-bond acceptors (Lipinski definition) is 2. The van der Waals surface area contributed by atoms with Crippen molar-refractivity contribution in [2.45, 2.75) is 12.7 Å². The van der Waals surface area contributed by atoms with Gasteiger partial charge in [-0.3, -0.25) is 4.79 Å². The Balaban J connectivity index is 5.16. The van der Waals surface area contributed by atoms with Gasteiger partial charge >= 0.3 is 5.97 Å². The molecule has 3 heteroatoms. The fraction of sp³-hybridized carbons (Fsp3) is 0.750. The van der Waals surface area contributed by atoms with Gasteiger partial charge in [-0.15, -0.1) is 0 Å². The van der Waals surface area contributed by atoms with Crippen LogP contribution >= 0.6 is 0 Å². The lowest BCUT2D eigenvalue weighted by Gasteiger charge is -1.86. The van der Waals surface area contributed by atoms with Gasteiger partial charge in [-0.25, -0.2) is 0 Å². The van der Waals surface area contributed by atoms with Crippen LogP contribution in [0, 0.1) is 0 Å². The van der Waals surface area contributed by atoms with Crippen LogP contribution in [0.15, 0.2) is 0 Å². The average molecular weight is 109 g/mol. The highest BCUT2D eigenvalue weighted by molar-refractivity contribution is 5.66. The third-order valence-electron chi connectivity index (χ3n) is 0.242. The first-order valence-electron chi connectivity index (χ1n) is 4.47. The molecule has 0 aromatic heterocycles. The van der Waals surface area contributed by atoms with Gasteiger partial charge in [0.25, 0.3) is 0 Å². The maximum Gasteiger partial charge on any atom is 0.303 e. The molecule has 3 N–H and O–H groups in total. The van der Waals surface area contributed by atoms with Crippen molar-refractivity contribution in [2.24, 2.45) is 5.73 Å². The molecule has 0 aliphatic rings. The van der Waals surface area contributed by atoms with Crippen LogP contribution in [0.2, 0.25) is 0 Å². The first-order chi connectivity index (χ1) is 5.44. The molecule has 0 amide bonds. The zero-order chi connectivity index (χ0) is 11.1. The second-order valence-corrected chi connectivity index (χ2v) is 0.699. The van der Waals surface area contributed by atoms with Crippen molar-refractivity contribution in [3.8, 4) is 0 Å². The van der Waals surface area contributed by atoms with Gasteiger partial charge < -0.3 is 10.8 Å². The van der Waals surface area contributed by atoms with Gasteiger partial charge in [0.1, 0.15) is 0 Å². The molecule has 0 unspecified atom stereocenters. The maximum atomic E-state index is 10.3. The Hall–Kier alpha value is -0.570. The molecule has 0 radical (unpaired) electrons. The van der Waals surface area contributed by atoms with E-state index in [-0.39, 0.29) is 0 Å². The third-order valence-corrected chi connectivity index (χ3v) is 0.242. The Morgan fingerprint density at radius 1 is 2.00 bits per heavy atom. The third kappa shape index (κ3) is 5.43. The van der Waals surface area contributed by atoms with E-state index in [1.807, 2.05) is 0 Å². The van der Waals surface area contributed by atoms with E-state index < -0.39 is 25.2 Å². The molecule has 0 rings (SSSR count). The van der Waals surface area contributed by atoms with Crippen molar-refractivity contribution in [2.75, 3.05) is 6.50 Å². The highest BCUT2D eigenvalue weighted by atomic mass is 16.4. The Morgan fingerprint density at radius 2 is 2.57 bits per heavy atom. The Morgan fingerprint density at radius 3 is 2.71 bits per heavy atom. The Labute approximate surface area is 50.6 Å². The Bertz CT molecular complexity index is 221. The van der Waals surface area contributed by atoms with Crippen LogP contribution in [-0.4, -0.2) is 17.6 Å². The molecule has 0 aliphatic carbocycles. The van der Waals surface area contributed by atoms with Crippen LogP contribution in [0.3, 0.4) is 0 Å². The largest absolute Gasteiger partial charge is 0.481 e. The fourth-order valence-electron chi connectivity index (χ4n) is 0.0896. The van der Waals surface area contributed by atoms with E-state index >= 15 is 0 Å². The summed E-state index contributed by atoms with van der Waals surface area (Å²) >= 11 is 0. The maximum absolute atomic E-state index is 10.3. The lowest BCUT2D eigenvalue weighted by Crippen LogP contribution is -2.02. The molecule has 0 aliphatic heterocycles. The van der Waals surface area contributed by atoms with E-state index in [2.05, 4.69) is 0 Å². The van der Waals surface area contributed by atoms with Crippen LogP contribution in [0.4, 0.5) is 0 Å². The smallest absolute Gasteiger partial charge is 0.303 e. The summed E-state index contributed by atoms with van der Waals surface area (Å²) in [6.45, 7) is -3.06. The molecular weight excluding hydrogens is 94.0 g/mol. The number of carboxylic acids is 1. The molecular formula is C4H9NO2. The van der Waals surface area contributed by atoms with Gasteiger partial charge in [-0.05, 0) is 12.9 Å². The second-order valence-electron chi connectivity index (χ2n) is 0.699. The van der Waals surface area contributed by atoms with Crippen molar-refractivity contribution in [3.63, 3.8) is 0 Å². The van der Waals surface area contributed by atoms with Crippen LogP contribution in [0.5, 0.6) is 0 Å². The van der Waals surface area contributed by atoms with Crippen molar-refractivity contribution >= 4 is 5.97 Å². The summed E-state index contributed by atoms with van der Waals surface area (Å²) in [7, 11) is 0. The van der Waals surface area contributed by atoms with Gasteiger partial charge in [0.05, 0.1) is 0 Å². The molecule has 0 saturated carbocycles. The molecule has 0 bridgehead atoms. The van der Waals surface area contributed by atoms with Crippen molar-refractivity contribution < 1.29 is 18.1 Å². The van der Waals surface area contributed by atoms with Gasteiger partial charge in [-0.1, -0.05) is 0 Å². The number of carboxylic acid groups (broad SMARTS) is 1. The minimum Gasteiger partial charge on any atom is -0.481 e. The minimum absolute atomic E-state index is 2.09. The summed E-state index contributed by atoms with van der Waals surface area (Å²) in [5.41, 5.74) is 4.69. The quantitative estimate of drug-likeness (QED) is 0.528. The SMILES string of the molecule is [2H]C([2H])(N)C([2H])([2H])C([2H])([2H])C(=O)O. The first-order valence-corrected chi connectivity index (χ1v) is 1.47. The molecule has 0 aromatic carbocycles. The number of aliphatic carboxylic acids is 1. The highest BCUT2D eigenvalue weighted by Crippen LogP contribution is 1.82. The van der Waals surface area contributed by atoms with Crippen molar-refractivity contribution in [1.29, 1.82) is 0 Å². The summed E-state index contributed by atoms with van der Waals surface area (Å²) in [6.07, 6.45) is -6.67. The van der Waals surface area contributed by atoms with Crippen LogP contribution < -0.4 is 5.73 Å². The highest BCUT2D eigenvalue weighted by Gasteiger charge is 1.91. The molecule has 3 nitrogen and oxygen atoms in total. The van der Waals surface area contributed by atoms with Gasteiger partial charge in [0.15, 0.2) is 0 Å². The normalized spacial score (nSPS) is 27.6. The van der Waals surface area contributed by atoms with E-state index in [1.54, 1.807) is 0 Å². The predicted molar refractivity (Wildman–Crippen MR) is 25.9 cm³/mol. The average Bonchev–Trinajstić information content (AvgIpc) is 1.84. The zero-order valence-corrected chi connectivity index (χ0v) is 3.43. The second kappa shape index (κ2) is 3.61. The summed E-state index contributed by atoms with van der Waals surface area (Å²) < 4.78 is 41.0. The Kier molecular flexibility index (Phi) is 0.749. The lowest BCUT2D eigenvalue weighted by atomic mass is 10.3. The van der Waals surface area contributed by atoms with Gasteiger partial charge in [0, 0.05) is 14.6 Å². The van der Waals surface area contributed by atoms with E-state index in [0.717, 1.165) is 0 Å². The fourth-order valence-corrected chi connectivity index (χ4v) is 0.0896. The topological polar surface area (TPSA) is 63.3 Å². The van der Waals surface area contributed by atoms with E-state index in [0.29, 0.717) is 0 Å².